The molecule has 0 aliphatic heterocycles. The molecule has 26 heavy (non-hydrogen) atoms. The SMILES string of the molecule is COC(=O)[C@H](Cc1ccccc1)NC(=O)C(C)Nc1ccc(Cl)c(Cl)c1. The maximum atomic E-state index is 12.5. The van der Waals surface area contributed by atoms with Gasteiger partial charge in [0.15, 0.2) is 0 Å². The predicted molar refractivity (Wildman–Crippen MR) is 104 cm³/mol. The van der Waals surface area contributed by atoms with Crippen molar-refractivity contribution in [3.63, 3.8) is 0 Å². The van der Waals surface area contributed by atoms with Gasteiger partial charge < -0.3 is 15.4 Å². The summed E-state index contributed by atoms with van der Waals surface area (Å²) in [5, 5.41) is 6.58. The van der Waals surface area contributed by atoms with Gasteiger partial charge in [-0.05, 0) is 30.7 Å². The predicted octanol–water partition coefficient (Wildman–Crippen LogP) is 3.69. The topological polar surface area (TPSA) is 67.4 Å². The second-order valence-corrected chi connectivity index (χ2v) is 6.58. The minimum atomic E-state index is -0.770. The molecule has 2 aromatic rings. The number of benzene rings is 2. The summed E-state index contributed by atoms with van der Waals surface area (Å²) in [7, 11) is 1.30. The minimum absolute atomic E-state index is 0.331. The molecule has 138 valence electrons. The summed E-state index contributed by atoms with van der Waals surface area (Å²) in [5.74, 6) is -0.827. The third-order valence-corrected chi connectivity index (χ3v) is 4.52. The van der Waals surface area contributed by atoms with E-state index in [1.807, 2.05) is 30.3 Å². The van der Waals surface area contributed by atoms with Gasteiger partial charge in [0.05, 0.1) is 17.2 Å². The molecule has 1 amide bonds. The molecule has 1 unspecified atom stereocenters. The molecule has 5 nitrogen and oxygen atoms in total. The quantitative estimate of drug-likeness (QED) is 0.702. The van der Waals surface area contributed by atoms with Crippen LogP contribution in [-0.2, 0) is 20.7 Å². The van der Waals surface area contributed by atoms with E-state index in [0.717, 1.165) is 5.56 Å². The number of hydrogen-bond acceptors (Lipinski definition) is 4. The van der Waals surface area contributed by atoms with Crippen LogP contribution in [-0.4, -0.2) is 31.1 Å². The van der Waals surface area contributed by atoms with Crippen molar-refractivity contribution in [3.8, 4) is 0 Å². The van der Waals surface area contributed by atoms with Crippen LogP contribution in [0.4, 0.5) is 5.69 Å². The maximum absolute atomic E-state index is 12.5. The third-order valence-electron chi connectivity index (χ3n) is 3.78. The lowest BCUT2D eigenvalue weighted by Gasteiger charge is -2.21. The van der Waals surface area contributed by atoms with Crippen molar-refractivity contribution in [2.45, 2.75) is 25.4 Å². The Morgan fingerprint density at radius 2 is 1.77 bits per heavy atom. The Labute approximate surface area is 162 Å². The number of hydrogen-bond donors (Lipinski definition) is 2. The van der Waals surface area contributed by atoms with Gasteiger partial charge in [-0.1, -0.05) is 53.5 Å². The number of carbonyl (C=O) groups is 2. The molecular formula is C19H20Cl2N2O3. The highest BCUT2D eigenvalue weighted by Gasteiger charge is 2.24. The average Bonchev–Trinajstić information content (AvgIpc) is 2.64. The van der Waals surface area contributed by atoms with Crippen LogP contribution in [0.15, 0.2) is 48.5 Å². The summed E-state index contributed by atoms with van der Waals surface area (Å²) in [6, 6.07) is 13.1. The first kappa shape index (κ1) is 20.1. The molecule has 7 heteroatoms. The van der Waals surface area contributed by atoms with Crippen LogP contribution < -0.4 is 10.6 Å². The standard InChI is InChI=1S/C19H20Cl2N2O3/c1-12(22-14-8-9-15(20)16(21)11-14)18(24)23-17(19(25)26-2)10-13-6-4-3-5-7-13/h3-9,11-12,17,22H,10H2,1-2H3,(H,23,24)/t12?,17-/m0/s1. The zero-order chi connectivity index (χ0) is 19.1. The van der Waals surface area contributed by atoms with E-state index in [1.165, 1.54) is 7.11 Å². The molecule has 0 aliphatic rings. The molecule has 2 aromatic carbocycles. The smallest absolute Gasteiger partial charge is 0.328 e. The maximum Gasteiger partial charge on any atom is 0.328 e. The number of esters is 1. The lowest BCUT2D eigenvalue weighted by molar-refractivity contribution is -0.145. The molecule has 0 aromatic heterocycles. The lowest BCUT2D eigenvalue weighted by Crippen LogP contribution is -2.48. The Morgan fingerprint density at radius 1 is 1.08 bits per heavy atom. The zero-order valence-electron chi connectivity index (χ0n) is 14.5. The monoisotopic (exact) mass is 394 g/mol. The fourth-order valence-electron chi connectivity index (χ4n) is 2.38. The fourth-order valence-corrected chi connectivity index (χ4v) is 2.68. The molecule has 2 N–H and O–H groups in total. The van der Waals surface area contributed by atoms with Crippen LogP contribution in [0.2, 0.25) is 10.0 Å². The van der Waals surface area contributed by atoms with Crippen molar-refractivity contribution in [1.29, 1.82) is 0 Å². The molecule has 0 saturated heterocycles. The van der Waals surface area contributed by atoms with Crippen molar-refractivity contribution in [2.75, 3.05) is 12.4 Å². The molecule has 0 radical (unpaired) electrons. The second kappa shape index (κ2) is 9.46. The first-order valence-corrected chi connectivity index (χ1v) is 8.80. The van der Waals surface area contributed by atoms with Gasteiger partial charge >= 0.3 is 5.97 Å². The Hall–Kier alpha value is -2.24. The van der Waals surface area contributed by atoms with E-state index in [-0.39, 0.29) is 5.91 Å². The van der Waals surface area contributed by atoms with Gasteiger partial charge in [-0.2, -0.15) is 0 Å². The summed E-state index contributed by atoms with van der Waals surface area (Å²) in [4.78, 5) is 24.5. The van der Waals surface area contributed by atoms with E-state index in [9.17, 15) is 9.59 Å². The Bertz CT molecular complexity index is 769. The van der Waals surface area contributed by atoms with Crippen molar-refractivity contribution in [3.05, 3.63) is 64.1 Å². The highest BCUT2D eigenvalue weighted by Crippen LogP contribution is 2.25. The highest BCUT2D eigenvalue weighted by atomic mass is 35.5. The molecule has 0 fully saturated rings. The van der Waals surface area contributed by atoms with Crippen molar-refractivity contribution >= 4 is 40.8 Å². The number of ether oxygens (including phenoxy) is 1. The largest absolute Gasteiger partial charge is 0.467 e. The van der Waals surface area contributed by atoms with Gasteiger partial charge in [0, 0.05) is 12.1 Å². The molecule has 0 heterocycles. The second-order valence-electron chi connectivity index (χ2n) is 5.77. The number of rotatable bonds is 7. The van der Waals surface area contributed by atoms with Crippen LogP contribution in [0, 0.1) is 0 Å². The van der Waals surface area contributed by atoms with Crippen molar-refractivity contribution < 1.29 is 14.3 Å². The number of amides is 1. The van der Waals surface area contributed by atoms with Crippen molar-refractivity contribution in [1.82, 2.24) is 5.32 Å². The Morgan fingerprint density at radius 3 is 2.38 bits per heavy atom. The molecule has 0 spiro atoms. The number of methoxy groups -OCH3 is 1. The van der Waals surface area contributed by atoms with E-state index in [4.69, 9.17) is 27.9 Å². The average molecular weight is 395 g/mol. The van der Waals surface area contributed by atoms with Crippen LogP contribution >= 0.6 is 23.2 Å². The van der Waals surface area contributed by atoms with E-state index in [2.05, 4.69) is 10.6 Å². The van der Waals surface area contributed by atoms with Gasteiger partial charge in [0.25, 0.3) is 0 Å². The van der Waals surface area contributed by atoms with Gasteiger partial charge in [-0.25, -0.2) is 4.79 Å². The first-order valence-electron chi connectivity index (χ1n) is 8.04. The van der Waals surface area contributed by atoms with Gasteiger partial charge in [0.1, 0.15) is 12.1 Å². The number of carbonyl (C=O) groups excluding carboxylic acids is 2. The van der Waals surface area contributed by atoms with Crippen molar-refractivity contribution in [2.24, 2.45) is 0 Å². The molecule has 0 bridgehead atoms. The molecule has 0 saturated carbocycles. The molecule has 2 atom stereocenters. The zero-order valence-corrected chi connectivity index (χ0v) is 16.0. The fraction of sp³-hybridized carbons (Fsp3) is 0.263. The number of anilines is 1. The summed E-state index contributed by atoms with van der Waals surface area (Å²) < 4.78 is 4.81. The van der Waals surface area contributed by atoms with Crippen LogP contribution in [0.5, 0.6) is 0 Å². The minimum Gasteiger partial charge on any atom is -0.467 e. The van der Waals surface area contributed by atoms with E-state index in [1.54, 1.807) is 25.1 Å². The Kier molecular flexibility index (Phi) is 7.30. The number of halogens is 2. The van der Waals surface area contributed by atoms with Gasteiger partial charge in [0.2, 0.25) is 5.91 Å². The van der Waals surface area contributed by atoms with Gasteiger partial charge in [-0.3, -0.25) is 4.79 Å². The van der Waals surface area contributed by atoms with E-state index in [0.29, 0.717) is 22.2 Å². The van der Waals surface area contributed by atoms with Crippen LogP contribution in [0.3, 0.4) is 0 Å². The molecule has 2 rings (SSSR count). The Balaban J connectivity index is 2.02. The van der Waals surface area contributed by atoms with E-state index >= 15 is 0 Å². The summed E-state index contributed by atoms with van der Waals surface area (Å²) >= 11 is 11.9. The van der Waals surface area contributed by atoms with Crippen LogP contribution in [0.25, 0.3) is 0 Å². The number of nitrogens with one attached hydrogen (secondary N) is 2. The summed E-state index contributed by atoms with van der Waals surface area (Å²) in [6.45, 7) is 1.69. The molecule has 0 aliphatic carbocycles. The first-order chi connectivity index (χ1) is 12.4. The lowest BCUT2D eigenvalue weighted by atomic mass is 10.1. The van der Waals surface area contributed by atoms with E-state index < -0.39 is 18.1 Å². The third kappa shape index (κ3) is 5.64. The normalized spacial score (nSPS) is 12.8. The highest BCUT2D eigenvalue weighted by molar-refractivity contribution is 6.42. The molecular weight excluding hydrogens is 375 g/mol. The van der Waals surface area contributed by atoms with Gasteiger partial charge in [-0.15, -0.1) is 0 Å². The van der Waals surface area contributed by atoms with Crippen LogP contribution in [0.1, 0.15) is 12.5 Å². The summed E-state index contributed by atoms with van der Waals surface area (Å²) in [5.41, 5.74) is 1.58. The summed E-state index contributed by atoms with van der Waals surface area (Å²) in [6.07, 6.45) is 0.346.